The normalized spacial score (nSPS) is 24.5. The number of halogens is 1. The lowest BCUT2D eigenvalue weighted by atomic mass is 9.92. The Morgan fingerprint density at radius 2 is 1.72 bits per heavy atom. The van der Waals surface area contributed by atoms with Crippen molar-refractivity contribution in [1.29, 1.82) is 0 Å². The molecule has 1 saturated heterocycles. The van der Waals surface area contributed by atoms with Gasteiger partial charge in [0.15, 0.2) is 9.84 Å². The van der Waals surface area contributed by atoms with E-state index < -0.39 is 21.8 Å². The van der Waals surface area contributed by atoms with Crippen LogP contribution in [-0.4, -0.2) is 78.4 Å². The lowest BCUT2D eigenvalue weighted by molar-refractivity contribution is -0.144. The number of carboxylic acid groups (broad SMARTS) is 1. The minimum absolute atomic E-state index is 0. The Morgan fingerprint density at radius 3 is 2.20 bits per heavy atom. The molecule has 2 fully saturated rings. The molecule has 1 amide bonds. The molecule has 7 nitrogen and oxygen atoms in total. The molecule has 146 valence electrons. The molecule has 25 heavy (non-hydrogen) atoms. The minimum atomic E-state index is -3.07. The second-order valence-corrected chi connectivity index (χ2v) is 9.31. The molecule has 0 radical (unpaired) electrons. The van der Waals surface area contributed by atoms with Crippen LogP contribution in [0.15, 0.2) is 0 Å². The third kappa shape index (κ3) is 5.82. The number of rotatable bonds is 6. The summed E-state index contributed by atoms with van der Waals surface area (Å²) in [5, 5.41) is 9.09. The van der Waals surface area contributed by atoms with Crippen molar-refractivity contribution in [2.45, 2.75) is 63.6 Å². The molecule has 1 aliphatic heterocycles. The van der Waals surface area contributed by atoms with E-state index in [-0.39, 0.29) is 48.4 Å². The predicted molar refractivity (Wildman–Crippen MR) is 97.8 cm³/mol. The van der Waals surface area contributed by atoms with Crippen LogP contribution in [-0.2, 0) is 19.4 Å². The van der Waals surface area contributed by atoms with Crippen LogP contribution in [0.2, 0.25) is 0 Å². The van der Waals surface area contributed by atoms with Gasteiger partial charge in [0, 0.05) is 12.1 Å². The molecule has 2 aliphatic rings. The van der Waals surface area contributed by atoms with E-state index in [1.54, 1.807) is 18.9 Å². The first kappa shape index (κ1) is 22.2. The number of carboxylic acids is 1. The number of likely N-dealkylation sites (N-methyl/N-ethyl adjacent to an activating group) is 1. The van der Waals surface area contributed by atoms with Crippen molar-refractivity contribution in [3.63, 3.8) is 0 Å². The predicted octanol–water partition coefficient (Wildman–Crippen LogP) is 1.16. The smallest absolute Gasteiger partial charge is 0.320 e. The minimum Gasteiger partial charge on any atom is -0.480 e. The summed E-state index contributed by atoms with van der Waals surface area (Å²) in [6.07, 6.45) is 5.55. The van der Waals surface area contributed by atoms with Crippen LogP contribution in [0.1, 0.15) is 45.4 Å². The fraction of sp³-hybridized carbons (Fsp3) is 0.875. The lowest BCUT2D eigenvalue weighted by Gasteiger charge is -2.39. The Balaban J connectivity index is 0.00000312. The summed E-state index contributed by atoms with van der Waals surface area (Å²) >= 11 is 0. The Bertz CT molecular complexity index is 577. The van der Waals surface area contributed by atoms with Crippen LogP contribution >= 0.6 is 12.4 Å². The van der Waals surface area contributed by atoms with Gasteiger partial charge < -0.3 is 10.0 Å². The van der Waals surface area contributed by atoms with Gasteiger partial charge in [-0.3, -0.25) is 14.5 Å². The molecule has 1 saturated carbocycles. The highest BCUT2D eigenvalue weighted by atomic mass is 35.5. The summed E-state index contributed by atoms with van der Waals surface area (Å²) in [6, 6.07) is -0.938. The molecule has 9 heteroatoms. The standard InChI is InChI=1S/C16H28N2O5S.ClH/c1-12(16(20)21)17(2)10-15(19)18(13-6-4-3-5-7-13)14-8-9-24(22,23)11-14;/h12-14H,3-11H2,1-2H3,(H,20,21);1H. The second-order valence-electron chi connectivity index (χ2n) is 7.08. The van der Waals surface area contributed by atoms with E-state index in [9.17, 15) is 18.0 Å². The molecule has 1 N–H and O–H groups in total. The molecule has 0 aromatic rings. The molecule has 0 aromatic carbocycles. The molecule has 2 rings (SSSR count). The molecule has 0 aromatic heterocycles. The summed E-state index contributed by atoms with van der Waals surface area (Å²) in [4.78, 5) is 27.2. The zero-order valence-electron chi connectivity index (χ0n) is 14.9. The van der Waals surface area contributed by atoms with Gasteiger partial charge in [0.25, 0.3) is 0 Å². The average Bonchev–Trinajstić information content (AvgIpc) is 2.87. The van der Waals surface area contributed by atoms with Gasteiger partial charge in [-0.1, -0.05) is 19.3 Å². The number of carbonyl (C=O) groups excluding carboxylic acids is 1. The lowest BCUT2D eigenvalue weighted by Crippen LogP contribution is -2.53. The summed E-state index contributed by atoms with van der Waals surface area (Å²) in [7, 11) is -1.46. The van der Waals surface area contributed by atoms with E-state index >= 15 is 0 Å². The monoisotopic (exact) mass is 396 g/mol. The topological polar surface area (TPSA) is 95.0 Å². The maximum atomic E-state index is 12.9. The van der Waals surface area contributed by atoms with Gasteiger partial charge in [-0.2, -0.15) is 0 Å². The highest BCUT2D eigenvalue weighted by Crippen LogP contribution is 2.28. The Morgan fingerprint density at radius 1 is 1.12 bits per heavy atom. The highest BCUT2D eigenvalue weighted by Gasteiger charge is 2.39. The number of hydrogen-bond acceptors (Lipinski definition) is 5. The zero-order valence-corrected chi connectivity index (χ0v) is 16.5. The SMILES string of the molecule is CC(C(=O)O)N(C)CC(=O)N(C1CCCCC1)C1CCS(=O)(=O)C1.Cl. The van der Waals surface area contributed by atoms with Crippen LogP contribution in [0, 0.1) is 0 Å². The van der Waals surface area contributed by atoms with Crippen LogP contribution < -0.4 is 0 Å². The summed E-state index contributed by atoms with van der Waals surface area (Å²) in [5.41, 5.74) is 0. The molecule has 1 aliphatic carbocycles. The number of hydrogen-bond donors (Lipinski definition) is 1. The number of nitrogens with zero attached hydrogens (tertiary/aromatic N) is 2. The molecular weight excluding hydrogens is 368 g/mol. The van der Waals surface area contributed by atoms with Crippen molar-refractivity contribution in [2.24, 2.45) is 0 Å². The first-order valence-corrected chi connectivity index (χ1v) is 10.5. The van der Waals surface area contributed by atoms with Gasteiger partial charge in [-0.05, 0) is 33.2 Å². The van der Waals surface area contributed by atoms with E-state index in [4.69, 9.17) is 5.11 Å². The van der Waals surface area contributed by atoms with Crippen molar-refractivity contribution < 1.29 is 23.1 Å². The number of sulfone groups is 1. The van der Waals surface area contributed by atoms with Crippen molar-refractivity contribution in [1.82, 2.24) is 9.80 Å². The van der Waals surface area contributed by atoms with E-state index in [1.807, 2.05) is 0 Å². The molecule has 0 spiro atoms. The van der Waals surface area contributed by atoms with Gasteiger partial charge in [-0.25, -0.2) is 8.42 Å². The summed E-state index contributed by atoms with van der Waals surface area (Å²) < 4.78 is 23.7. The van der Waals surface area contributed by atoms with Crippen molar-refractivity contribution >= 4 is 34.1 Å². The van der Waals surface area contributed by atoms with Crippen LogP contribution in [0.5, 0.6) is 0 Å². The van der Waals surface area contributed by atoms with Gasteiger partial charge in [0.1, 0.15) is 6.04 Å². The van der Waals surface area contributed by atoms with E-state index in [2.05, 4.69) is 0 Å². The van der Waals surface area contributed by atoms with Crippen molar-refractivity contribution in [3.8, 4) is 0 Å². The Hall–Kier alpha value is -0.860. The first-order valence-electron chi connectivity index (χ1n) is 8.66. The van der Waals surface area contributed by atoms with E-state index in [0.29, 0.717) is 6.42 Å². The number of aliphatic carboxylic acids is 1. The van der Waals surface area contributed by atoms with Gasteiger partial charge in [-0.15, -0.1) is 12.4 Å². The Labute approximate surface area is 156 Å². The Kier molecular flexibility index (Phi) is 8.15. The third-order valence-electron chi connectivity index (χ3n) is 5.26. The van der Waals surface area contributed by atoms with E-state index in [1.165, 1.54) is 4.90 Å². The van der Waals surface area contributed by atoms with Crippen LogP contribution in [0.25, 0.3) is 0 Å². The molecule has 1 heterocycles. The third-order valence-corrected chi connectivity index (χ3v) is 7.01. The summed E-state index contributed by atoms with van der Waals surface area (Å²) in [5.74, 6) is -0.958. The number of carbonyl (C=O) groups is 2. The number of amides is 1. The van der Waals surface area contributed by atoms with Crippen LogP contribution in [0.3, 0.4) is 0 Å². The van der Waals surface area contributed by atoms with E-state index in [0.717, 1.165) is 32.1 Å². The fourth-order valence-electron chi connectivity index (χ4n) is 3.68. The summed E-state index contributed by atoms with van der Waals surface area (Å²) in [6.45, 7) is 1.54. The molecule has 2 atom stereocenters. The average molecular weight is 397 g/mol. The molecule has 2 unspecified atom stereocenters. The van der Waals surface area contributed by atoms with Crippen molar-refractivity contribution in [2.75, 3.05) is 25.1 Å². The fourth-order valence-corrected chi connectivity index (χ4v) is 5.39. The molecule has 0 bridgehead atoms. The maximum absolute atomic E-state index is 12.9. The second kappa shape index (κ2) is 9.19. The quantitative estimate of drug-likeness (QED) is 0.723. The van der Waals surface area contributed by atoms with Crippen LogP contribution in [0.4, 0.5) is 0 Å². The first-order chi connectivity index (χ1) is 11.2. The van der Waals surface area contributed by atoms with Gasteiger partial charge in [0.2, 0.25) is 5.91 Å². The van der Waals surface area contributed by atoms with Crippen molar-refractivity contribution in [3.05, 3.63) is 0 Å². The largest absolute Gasteiger partial charge is 0.480 e. The highest BCUT2D eigenvalue weighted by molar-refractivity contribution is 7.91. The van der Waals surface area contributed by atoms with Gasteiger partial charge in [0.05, 0.1) is 18.1 Å². The maximum Gasteiger partial charge on any atom is 0.320 e. The molecular formula is C16H29ClN2O5S. The van der Waals surface area contributed by atoms with Gasteiger partial charge >= 0.3 is 5.97 Å². The zero-order chi connectivity index (χ0) is 17.9.